The lowest BCUT2D eigenvalue weighted by Crippen LogP contribution is -2.29. The summed E-state index contributed by atoms with van der Waals surface area (Å²) >= 11 is 0. The fourth-order valence-corrected chi connectivity index (χ4v) is 1.60. The Balaban J connectivity index is 2.61. The molecule has 5 heteroatoms. The number of nitrogens with zero attached hydrogens (tertiary/aromatic N) is 1. The molecule has 0 radical (unpaired) electrons. The number of benzene rings is 1. The lowest BCUT2D eigenvalue weighted by molar-refractivity contribution is 0.0941. The fourth-order valence-electron chi connectivity index (χ4n) is 1.60. The van der Waals surface area contributed by atoms with Gasteiger partial charge in [-0.3, -0.25) is 9.36 Å². The van der Waals surface area contributed by atoms with Crippen LogP contribution < -0.4 is 5.46 Å². The summed E-state index contributed by atoms with van der Waals surface area (Å²) in [6.07, 6.45) is 1.67. The standard InChI is InChI=1S/C10H10BNO3/c1-7(13)12-5-4-8-6-9(11(14)15)2-3-10(8)12/h2-6,14-15H,1H3. The highest BCUT2D eigenvalue weighted by Crippen LogP contribution is 2.13. The van der Waals surface area contributed by atoms with Gasteiger partial charge in [0.05, 0.1) is 5.52 Å². The first-order chi connectivity index (χ1) is 7.09. The topological polar surface area (TPSA) is 62.5 Å². The van der Waals surface area contributed by atoms with Gasteiger partial charge < -0.3 is 10.0 Å². The van der Waals surface area contributed by atoms with E-state index in [1.807, 2.05) is 0 Å². The summed E-state index contributed by atoms with van der Waals surface area (Å²) in [4.78, 5) is 11.2. The lowest BCUT2D eigenvalue weighted by Gasteiger charge is -2.01. The van der Waals surface area contributed by atoms with Crippen LogP contribution in [0.5, 0.6) is 0 Å². The molecule has 2 aromatic rings. The van der Waals surface area contributed by atoms with Crippen molar-refractivity contribution in [3.05, 3.63) is 30.5 Å². The second kappa shape index (κ2) is 3.53. The second-order valence-electron chi connectivity index (χ2n) is 3.40. The molecule has 0 spiro atoms. The maximum absolute atomic E-state index is 11.2. The van der Waals surface area contributed by atoms with Gasteiger partial charge in [-0.2, -0.15) is 0 Å². The highest BCUT2D eigenvalue weighted by atomic mass is 16.4. The van der Waals surface area contributed by atoms with E-state index < -0.39 is 7.12 Å². The number of rotatable bonds is 1. The maximum Gasteiger partial charge on any atom is 0.488 e. The Labute approximate surface area is 86.9 Å². The molecule has 0 saturated carbocycles. The molecule has 0 amide bonds. The first kappa shape index (κ1) is 9.95. The predicted molar refractivity (Wildman–Crippen MR) is 58.1 cm³/mol. The van der Waals surface area contributed by atoms with Crippen molar-refractivity contribution in [2.45, 2.75) is 6.92 Å². The van der Waals surface area contributed by atoms with E-state index in [9.17, 15) is 4.79 Å². The van der Waals surface area contributed by atoms with E-state index in [2.05, 4.69) is 0 Å². The number of aromatic nitrogens is 1. The van der Waals surface area contributed by atoms with E-state index >= 15 is 0 Å². The van der Waals surface area contributed by atoms with Crippen molar-refractivity contribution in [1.29, 1.82) is 0 Å². The van der Waals surface area contributed by atoms with Crippen LogP contribution in [-0.2, 0) is 0 Å². The summed E-state index contributed by atoms with van der Waals surface area (Å²) in [5.41, 5.74) is 1.19. The van der Waals surface area contributed by atoms with Crippen LogP contribution in [0.1, 0.15) is 11.7 Å². The van der Waals surface area contributed by atoms with Crippen molar-refractivity contribution >= 4 is 29.4 Å². The van der Waals surface area contributed by atoms with Gasteiger partial charge >= 0.3 is 7.12 Å². The minimum absolute atomic E-state index is 0.0673. The first-order valence-electron chi connectivity index (χ1n) is 4.57. The maximum atomic E-state index is 11.2. The quantitative estimate of drug-likeness (QED) is 0.640. The monoisotopic (exact) mass is 203 g/mol. The van der Waals surface area contributed by atoms with E-state index in [1.54, 1.807) is 30.5 Å². The summed E-state index contributed by atoms with van der Waals surface area (Å²) in [5, 5.41) is 18.8. The molecule has 1 aromatic heterocycles. The van der Waals surface area contributed by atoms with E-state index in [1.165, 1.54) is 11.5 Å². The third-order valence-electron chi connectivity index (χ3n) is 2.35. The fraction of sp³-hybridized carbons (Fsp3) is 0.100. The first-order valence-corrected chi connectivity index (χ1v) is 4.57. The molecule has 2 rings (SSSR count). The Morgan fingerprint density at radius 1 is 1.33 bits per heavy atom. The van der Waals surface area contributed by atoms with Crippen LogP contribution >= 0.6 is 0 Å². The molecular formula is C10H10BNO3. The summed E-state index contributed by atoms with van der Waals surface area (Å²) < 4.78 is 1.52. The van der Waals surface area contributed by atoms with Crippen LogP contribution in [0.4, 0.5) is 0 Å². The predicted octanol–water partition coefficient (Wildman–Crippen LogP) is -0.0188. The molecular weight excluding hydrogens is 193 g/mol. The molecule has 2 N–H and O–H groups in total. The van der Waals surface area contributed by atoms with Crippen LogP contribution in [0.3, 0.4) is 0 Å². The van der Waals surface area contributed by atoms with Crippen molar-refractivity contribution in [3.63, 3.8) is 0 Å². The van der Waals surface area contributed by atoms with Gasteiger partial charge in [-0.25, -0.2) is 0 Å². The van der Waals surface area contributed by atoms with Gasteiger partial charge in [-0.15, -0.1) is 0 Å². The Kier molecular flexibility index (Phi) is 2.34. The van der Waals surface area contributed by atoms with E-state index in [-0.39, 0.29) is 5.91 Å². The van der Waals surface area contributed by atoms with Gasteiger partial charge in [0.25, 0.3) is 0 Å². The van der Waals surface area contributed by atoms with Crippen LogP contribution in [0, 0.1) is 0 Å². The van der Waals surface area contributed by atoms with Crippen molar-refractivity contribution in [2.75, 3.05) is 0 Å². The van der Waals surface area contributed by atoms with Crippen molar-refractivity contribution < 1.29 is 14.8 Å². The third kappa shape index (κ3) is 1.67. The van der Waals surface area contributed by atoms with E-state index in [0.717, 1.165) is 10.9 Å². The van der Waals surface area contributed by atoms with E-state index in [0.29, 0.717) is 5.46 Å². The molecule has 1 heterocycles. The Hall–Kier alpha value is -1.59. The van der Waals surface area contributed by atoms with Gasteiger partial charge in [-0.05, 0) is 23.0 Å². The normalized spacial score (nSPS) is 10.6. The van der Waals surface area contributed by atoms with Crippen molar-refractivity contribution in [3.8, 4) is 0 Å². The SMILES string of the molecule is CC(=O)n1ccc2cc(B(O)O)ccc21. The average molecular weight is 203 g/mol. The Morgan fingerprint density at radius 3 is 2.67 bits per heavy atom. The number of carbonyl (C=O) groups is 1. The highest BCUT2D eigenvalue weighted by molar-refractivity contribution is 6.58. The molecule has 76 valence electrons. The van der Waals surface area contributed by atoms with Gasteiger partial charge in [0.2, 0.25) is 5.91 Å². The Morgan fingerprint density at radius 2 is 2.07 bits per heavy atom. The van der Waals surface area contributed by atoms with Gasteiger partial charge in [0.15, 0.2) is 0 Å². The molecule has 0 unspecified atom stereocenters. The van der Waals surface area contributed by atoms with Gasteiger partial charge in [0.1, 0.15) is 0 Å². The van der Waals surface area contributed by atoms with Crippen LogP contribution in [0.25, 0.3) is 10.9 Å². The molecule has 4 nitrogen and oxygen atoms in total. The van der Waals surface area contributed by atoms with Crippen LogP contribution in [-0.4, -0.2) is 27.6 Å². The molecule has 0 atom stereocenters. The zero-order valence-corrected chi connectivity index (χ0v) is 8.21. The molecule has 0 aliphatic rings. The molecule has 0 bridgehead atoms. The average Bonchev–Trinajstić information content (AvgIpc) is 2.59. The summed E-state index contributed by atoms with van der Waals surface area (Å²) in [6, 6.07) is 6.71. The number of hydrogen-bond donors (Lipinski definition) is 2. The smallest absolute Gasteiger partial charge is 0.423 e. The lowest BCUT2D eigenvalue weighted by atomic mass is 9.80. The molecule has 1 aromatic carbocycles. The molecule has 15 heavy (non-hydrogen) atoms. The molecule has 0 aliphatic heterocycles. The summed E-state index contributed by atoms with van der Waals surface area (Å²) in [6.45, 7) is 1.48. The zero-order valence-electron chi connectivity index (χ0n) is 8.21. The van der Waals surface area contributed by atoms with Gasteiger partial charge in [-0.1, -0.05) is 12.1 Å². The van der Waals surface area contributed by atoms with Crippen molar-refractivity contribution in [1.82, 2.24) is 4.57 Å². The van der Waals surface area contributed by atoms with Crippen LogP contribution in [0.15, 0.2) is 30.5 Å². The number of hydrogen-bond acceptors (Lipinski definition) is 3. The highest BCUT2D eigenvalue weighted by Gasteiger charge is 2.12. The number of fused-ring (bicyclic) bond motifs is 1. The minimum Gasteiger partial charge on any atom is -0.423 e. The number of carbonyl (C=O) groups excluding carboxylic acids is 1. The minimum atomic E-state index is -1.48. The Bertz CT molecular complexity index is 518. The van der Waals surface area contributed by atoms with Gasteiger partial charge in [0, 0.05) is 13.1 Å². The molecule has 0 aliphatic carbocycles. The largest absolute Gasteiger partial charge is 0.488 e. The molecule has 0 saturated heterocycles. The second-order valence-corrected chi connectivity index (χ2v) is 3.40. The summed E-state index contributed by atoms with van der Waals surface area (Å²) in [5.74, 6) is -0.0673. The van der Waals surface area contributed by atoms with Crippen LogP contribution in [0.2, 0.25) is 0 Å². The van der Waals surface area contributed by atoms with Crippen molar-refractivity contribution in [2.24, 2.45) is 0 Å². The third-order valence-corrected chi connectivity index (χ3v) is 2.35. The zero-order chi connectivity index (χ0) is 11.0. The van der Waals surface area contributed by atoms with E-state index in [4.69, 9.17) is 10.0 Å². The summed E-state index contributed by atoms with van der Waals surface area (Å²) in [7, 11) is -1.48. The molecule has 0 fully saturated rings.